The molecule has 0 fully saturated rings. The summed E-state index contributed by atoms with van der Waals surface area (Å²) >= 11 is 0. The number of rotatable bonds is 7. The summed E-state index contributed by atoms with van der Waals surface area (Å²) in [6.07, 6.45) is 0.986. The number of nitrogens with one attached hydrogen (secondary N) is 1. The van der Waals surface area contributed by atoms with Crippen LogP contribution in [0.1, 0.15) is 25.0 Å². The van der Waals surface area contributed by atoms with Crippen LogP contribution in [0.4, 0.5) is 14.5 Å². The van der Waals surface area contributed by atoms with E-state index in [1.165, 1.54) is 12.1 Å². The number of alkyl halides is 2. The summed E-state index contributed by atoms with van der Waals surface area (Å²) in [4.78, 5) is 12.4. The van der Waals surface area contributed by atoms with Crippen LogP contribution in [0.15, 0.2) is 36.4 Å². The zero-order valence-corrected chi connectivity index (χ0v) is 15.1. The molecular weight excluding hydrogens is 356 g/mol. The van der Waals surface area contributed by atoms with E-state index in [2.05, 4.69) is 10.1 Å². The van der Waals surface area contributed by atoms with Gasteiger partial charge in [-0.3, -0.25) is 4.79 Å². The molecule has 1 aliphatic rings. The number of hydrogen-bond acceptors (Lipinski definition) is 4. The van der Waals surface area contributed by atoms with Crippen molar-refractivity contribution in [2.24, 2.45) is 0 Å². The van der Waals surface area contributed by atoms with Gasteiger partial charge in [0.1, 0.15) is 23.4 Å². The highest BCUT2D eigenvalue weighted by atomic mass is 19.3. The second-order valence-electron chi connectivity index (χ2n) is 6.27. The lowest BCUT2D eigenvalue weighted by atomic mass is 10.1. The van der Waals surface area contributed by atoms with Crippen LogP contribution in [0.2, 0.25) is 0 Å². The molecular formula is C20H21F2NO4. The van der Waals surface area contributed by atoms with Crippen molar-refractivity contribution in [2.45, 2.75) is 39.4 Å². The average molecular weight is 377 g/mol. The van der Waals surface area contributed by atoms with Crippen LogP contribution < -0.4 is 19.5 Å². The summed E-state index contributed by atoms with van der Waals surface area (Å²) in [6.45, 7) is 1.46. The SMILES string of the molecule is CCOc1cc2c(cc1NC(=O)Cc1ccc(OC(F)F)cc1)OC(C)C2. The largest absolute Gasteiger partial charge is 0.492 e. The van der Waals surface area contributed by atoms with Crippen molar-refractivity contribution >= 4 is 11.6 Å². The van der Waals surface area contributed by atoms with Crippen LogP contribution in [0.25, 0.3) is 0 Å². The molecule has 144 valence electrons. The smallest absolute Gasteiger partial charge is 0.387 e. The Morgan fingerprint density at radius 3 is 2.70 bits per heavy atom. The molecule has 2 aromatic carbocycles. The van der Waals surface area contributed by atoms with Crippen LogP contribution in [0, 0.1) is 0 Å². The van der Waals surface area contributed by atoms with Crippen molar-refractivity contribution in [1.82, 2.24) is 0 Å². The van der Waals surface area contributed by atoms with E-state index < -0.39 is 6.61 Å². The first-order valence-electron chi connectivity index (χ1n) is 8.74. The zero-order valence-electron chi connectivity index (χ0n) is 15.1. The second-order valence-corrected chi connectivity index (χ2v) is 6.27. The standard InChI is InChI=1S/C20H21F2NO4/c1-3-25-18-10-14-8-12(2)26-17(14)11-16(18)23-19(24)9-13-4-6-15(7-5-13)27-20(21)22/h4-7,10-12,20H,3,8-9H2,1-2H3,(H,23,24). The average Bonchev–Trinajstić information content (AvgIpc) is 2.95. The van der Waals surface area contributed by atoms with Crippen LogP contribution >= 0.6 is 0 Å². The summed E-state index contributed by atoms with van der Waals surface area (Å²) in [6, 6.07) is 9.65. The van der Waals surface area contributed by atoms with Gasteiger partial charge in [-0.25, -0.2) is 0 Å². The van der Waals surface area contributed by atoms with Crippen molar-refractivity contribution < 1.29 is 27.8 Å². The van der Waals surface area contributed by atoms with Gasteiger partial charge >= 0.3 is 6.61 Å². The first-order chi connectivity index (χ1) is 12.9. The third-order valence-corrected chi connectivity index (χ3v) is 4.09. The molecule has 0 saturated heterocycles. The lowest BCUT2D eigenvalue weighted by Gasteiger charge is -2.14. The summed E-state index contributed by atoms with van der Waals surface area (Å²) in [5.41, 5.74) is 2.28. The second kappa shape index (κ2) is 8.24. The molecule has 1 unspecified atom stereocenters. The van der Waals surface area contributed by atoms with Crippen LogP contribution in [0.5, 0.6) is 17.2 Å². The Morgan fingerprint density at radius 1 is 1.30 bits per heavy atom. The number of carbonyl (C=O) groups excluding carboxylic acids is 1. The van der Waals surface area contributed by atoms with Gasteiger partial charge in [0.25, 0.3) is 0 Å². The van der Waals surface area contributed by atoms with E-state index in [1.807, 2.05) is 19.9 Å². The fraction of sp³-hybridized carbons (Fsp3) is 0.350. The van der Waals surface area contributed by atoms with Crippen LogP contribution in [-0.2, 0) is 17.6 Å². The van der Waals surface area contributed by atoms with Crippen LogP contribution in [-0.4, -0.2) is 25.2 Å². The summed E-state index contributed by atoms with van der Waals surface area (Å²) < 4.78 is 40.1. The zero-order chi connectivity index (χ0) is 19.4. The van der Waals surface area contributed by atoms with E-state index in [0.717, 1.165) is 17.7 Å². The van der Waals surface area contributed by atoms with Gasteiger partial charge in [-0.2, -0.15) is 8.78 Å². The molecule has 0 spiro atoms. The quantitative estimate of drug-likeness (QED) is 0.786. The number of fused-ring (bicyclic) bond motifs is 1. The van der Waals surface area contributed by atoms with Gasteiger partial charge < -0.3 is 19.5 Å². The highest BCUT2D eigenvalue weighted by molar-refractivity contribution is 5.94. The molecule has 0 saturated carbocycles. The van der Waals surface area contributed by atoms with Crippen molar-refractivity contribution in [3.63, 3.8) is 0 Å². The van der Waals surface area contributed by atoms with Gasteiger partial charge in [0.15, 0.2) is 0 Å². The van der Waals surface area contributed by atoms with Gasteiger partial charge in [0.05, 0.1) is 18.7 Å². The minimum Gasteiger partial charge on any atom is -0.492 e. The van der Waals surface area contributed by atoms with Crippen molar-refractivity contribution in [2.75, 3.05) is 11.9 Å². The van der Waals surface area contributed by atoms with Gasteiger partial charge in [0.2, 0.25) is 5.91 Å². The Morgan fingerprint density at radius 2 is 2.04 bits per heavy atom. The Hall–Kier alpha value is -2.83. The first-order valence-corrected chi connectivity index (χ1v) is 8.74. The molecule has 3 rings (SSSR count). The normalized spacial score (nSPS) is 15.2. The van der Waals surface area contributed by atoms with E-state index in [1.54, 1.807) is 18.2 Å². The third-order valence-electron chi connectivity index (χ3n) is 4.09. The molecule has 2 aromatic rings. The fourth-order valence-electron chi connectivity index (χ4n) is 2.98. The van der Waals surface area contributed by atoms with Gasteiger partial charge in [-0.05, 0) is 37.6 Å². The fourth-order valence-corrected chi connectivity index (χ4v) is 2.98. The number of carbonyl (C=O) groups is 1. The topological polar surface area (TPSA) is 56.8 Å². The van der Waals surface area contributed by atoms with E-state index in [9.17, 15) is 13.6 Å². The monoisotopic (exact) mass is 377 g/mol. The minimum atomic E-state index is -2.87. The molecule has 1 heterocycles. The predicted molar refractivity (Wildman–Crippen MR) is 96.8 cm³/mol. The number of halogens is 2. The molecule has 0 aromatic heterocycles. The molecule has 1 atom stereocenters. The molecule has 1 amide bonds. The highest BCUT2D eigenvalue weighted by Crippen LogP contribution is 2.38. The molecule has 5 nitrogen and oxygen atoms in total. The van der Waals surface area contributed by atoms with E-state index in [0.29, 0.717) is 23.6 Å². The Bertz CT molecular complexity index is 808. The summed E-state index contributed by atoms with van der Waals surface area (Å²) in [7, 11) is 0. The molecule has 1 aliphatic heterocycles. The highest BCUT2D eigenvalue weighted by Gasteiger charge is 2.22. The van der Waals surface area contributed by atoms with E-state index >= 15 is 0 Å². The first kappa shape index (κ1) is 18.9. The number of hydrogen-bond donors (Lipinski definition) is 1. The van der Waals surface area contributed by atoms with Crippen molar-refractivity contribution in [3.05, 3.63) is 47.5 Å². The van der Waals surface area contributed by atoms with Gasteiger partial charge in [-0.15, -0.1) is 0 Å². The van der Waals surface area contributed by atoms with Gasteiger partial charge in [-0.1, -0.05) is 12.1 Å². The maximum atomic E-state index is 12.4. The number of benzene rings is 2. The number of ether oxygens (including phenoxy) is 3. The number of anilines is 1. The lowest BCUT2D eigenvalue weighted by Crippen LogP contribution is -2.15. The van der Waals surface area contributed by atoms with Crippen LogP contribution in [0.3, 0.4) is 0 Å². The van der Waals surface area contributed by atoms with E-state index in [4.69, 9.17) is 9.47 Å². The summed E-state index contributed by atoms with van der Waals surface area (Å²) in [5.74, 6) is 1.15. The maximum Gasteiger partial charge on any atom is 0.387 e. The van der Waals surface area contributed by atoms with Crippen molar-refractivity contribution in [1.29, 1.82) is 0 Å². The molecule has 0 bridgehead atoms. The Labute approximate surface area is 156 Å². The Balaban J connectivity index is 1.69. The molecule has 0 aliphatic carbocycles. The number of amides is 1. The lowest BCUT2D eigenvalue weighted by molar-refractivity contribution is -0.115. The van der Waals surface area contributed by atoms with Gasteiger partial charge in [0, 0.05) is 18.1 Å². The molecule has 7 heteroatoms. The Kier molecular flexibility index (Phi) is 5.78. The predicted octanol–water partition coefficient (Wildman–Crippen LogP) is 4.19. The summed E-state index contributed by atoms with van der Waals surface area (Å²) in [5, 5.41) is 2.84. The van der Waals surface area contributed by atoms with E-state index in [-0.39, 0.29) is 24.2 Å². The molecule has 1 N–H and O–H groups in total. The molecule has 0 radical (unpaired) electrons. The minimum absolute atomic E-state index is 0.0534. The maximum absolute atomic E-state index is 12.4. The third kappa shape index (κ3) is 4.87. The molecule has 27 heavy (non-hydrogen) atoms. The van der Waals surface area contributed by atoms with Crippen molar-refractivity contribution in [3.8, 4) is 17.2 Å².